The van der Waals surface area contributed by atoms with Crippen LogP contribution >= 0.6 is 47.8 Å². The number of hydrogen-bond acceptors (Lipinski definition) is 3. The highest BCUT2D eigenvalue weighted by molar-refractivity contribution is 9.11. The van der Waals surface area contributed by atoms with Crippen LogP contribution < -0.4 is 15.2 Å². The molecule has 0 fully saturated rings. The van der Waals surface area contributed by atoms with Gasteiger partial charge in [0.2, 0.25) is 0 Å². The molecule has 0 aliphatic rings. The zero-order chi connectivity index (χ0) is 15.6. The van der Waals surface area contributed by atoms with Gasteiger partial charge in [0.1, 0.15) is 16.0 Å². The van der Waals surface area contributed by atoms with E-state index in [-0.39, 0.29) is 6.04 Å². The van der Waals surface area contributed by atoms with E-state index in [9.17, 15) is 0 Å². The Hall–Kier alpha value is -0.560. The Morgan fingerprint density at radius 2 is 1.62 bits per heavy atom. The maximum atomic E-state index is 6.42. The zero-order valence-corrected chi connectivity index (χ0v) is 16.2. The van der Waals surface area contributed by atoms with Crippen molar-refractivity contribution in [3.05, 3.63) is 54.9 Å². The highest BCUT2D eigenvalue weighted by Gasteiger charge is 2.20. The summed E-state index contributed by atoms with van der Waals surface area (Å²) < 4.78 is 13.5. The molecule has 21 heavy (non-hydrogen) atoms. The molecular weight excluding hydrogens is 466 g/mol. The normalized spacial score (nSPS) is 12.1. The third kappa shape index (κ3) is 3.44. The van der Waals surface area contributed by atoms with E-state index in [1.807, 2.05) is 30.3 Å². The lowest BCUT2D eigenvalue weighted by Gasteiger charge is -2.19. The smallest absolute Gasteiger partial charge is 0.141 e. The highest BCUT2D eigenvalue weighted by Crippen LogP contribution is 2.41. The van der Waals surface area contributed by atoms with Crippen LogP contribution in [0.15, 0.2) is 43.7 Å². The Labute approximate surface area is 149 Å². The van der Waals surface area contributed by atoms with E-state index in [0.29, 0.717) is 11.5 Å². The van der Waals surface area contributed by atoms with Crippen LogP contribution in [0, 0.1) is 0 Å². The predicted octanol–water partition coefficient (Wildman–Crippen LogP) is 5.04. The minimum atomic E-state index is -0.315. The summed E-state index contributed by atoms with van der Waals surface area (Å²) in [5, 5.41) is 0. The fraction of sp³-hybridized carbons (Fsp3) is 0.200. The fourth-order valence-corrected chi connectivity index (χ4v) is 4.06. The van der Waals surface area contributed by atoms with Crippen molar-refractivity contribution in [3.8, 4) is 11.5 Å². The molecule has 0 aromatic heterocycles. The third-order valence-electron chi connectivity index (χ3n) is 3.15. The maximum absolute atomic E-state index is 6.42. The van der Waals surface area contributed by atoms with E-state index in [4.69, 9.17) is 15.2 Å². The first-order chi connectivity index (χ1) is 9.99. The summed E-state index contributed by atoms with van der Waals surface area (Å²) in [4.78, 5) is 0. The van der Waals surface area contributed by atoms with E-state index < -0.39 is 0 Å². The molecule has 0 spiro atoms. The molecule has 0 saturated heterocycles. The SMILES string of the molecule is COc1ccc(C(N)c2ccc(Br)cc2Br)c(OC)c1Br. The maximum Gasteiger partial charge on any atom is 0.141 e. The van der Waals surface area contributed by atoms with Gasteiger partial charge in [-0.25, -0.2) is 0 Å². The van der Waals surface area contributed by atoms with Crippen molar-refractivity contribution in [2.24, 2.45) is 5.73 Å². The fourth-order valence-electron chi connectivity index (χ4n) is 2.08. The number of hydrogen-bond donors (Lipinski definition) is 1. The van der Waals surface area contributed by atoms with E-state index in [0.717, 1.165) is 24.5 Å². The van der Waals surface area contributed by atoms with Gasteiger partial charge in [0.15, 0.2) is 0 Å². The van der Waals surface area contributed by atoms with Gasteiger partial charge < -0.3 is 15.2 Å². The monoisotopic (exact) mass is 477 g/mol. The van der Waals surface area contributed by atoms with Gasteiger partial charge in [-0.1, -0.05) is 37.9 Å². The Kier molecular flexibility index (Phi) is 5.71. The summed E-state index contributed by atoms with van der Waals surface area (Å²) in [6, 6.07) is 9.39. The van der Waals surface area contributed by atoms with Gasteiger partial charge in [0, 0.05) is 14.5 Å². The average Bonchev–Trinajstić information content (AvgIpc) is 2.46. The highest BCUT2D eigenvalue weighted by atomic mass is 79.9. The Morgan fingerprint density at radius 1 is 0.952 bits per heavy atom. The Morgan fingerprint density at radius 3 is 2.19 bits per heavy atom. The molecule has 2 aromatic carbocycles. The molecule has 112 valence electrons. The largest absolute Gasteiger partial charge is 0.495 e. The van der Waals surface area contributed by atoms with Gasteiger partial charge >= 0.3 is 0 Å². The standard InChI is InChI=1S/C15H14Br3NO2/c1-20-12-6-5-10(15(21-2)13(12)18)14(19)9-4-3-8(16)7-11(9)17/h3-7,14H,19H2,1-2H3. The number of halogens is 3. The summed E-state index contributed by atoms with van der Waals surface area (Å²) in [5.74, 6) is 1.38. The van der Waals surface area contributed by atoms with Crippen molar-refractivity contribution < 1.29 is 9.47 Å². The van der Waals surface area contributed by atoms with Gasteiger partial charge in [-0.05, 0) is 45.8 Å². The van der Waals surface area contributed by atoms with Gasteiger partial charge in [-0.2, -0.15) is 0 Å². The summed E-state index contributed by atoms with van der Waals surface area (Å²) in [6.45, 7) is 0. The van der Waals surface area contributed by atoms with Crippen LogP contribution in [0.3, 0.4) is 0 Å². The van der Waals surface area contributed by atoms with E-state index in [2.05, 4.69) is 47.8 Å². The molecule has 1 unspecified atom stereocenters. The van der Waals surface area contributed by atoms with Gasteiger partial charge in [-0.15, -0.1) is 0 Å². The first-order valence-corrected chi connectivity index (χ1v) is 8.48. The van der Waals surface area contributed by atoms with Crippen LogP contribution in [0.5, 0.6) is 11.5 Å². The second-order valence-corrected chi connectivity index (χ2v) is 6.91. The lowest BCUT2D eigenvalue weighted by molar-refractivity contribution is 0.385. The number of ether oxygens (including phenoxy) is 2. The molecule has 0 bridgehead atoms. The first kappa shape index (κ1) is 16.8. The van der Waals surface area contributed by atoms with Crippen molar-refractivity contribution in [1.29, 1.82) is 0 Å². The summed E-state index contributed by atoms with van der Waals surface area (Å²) in [7, 11) is 3.23. The number of methoxy groups -OCH3 is 2. The average molecular weight is 480 g/mol. The van der Waals surface area contributed by atoms with Crippen LogP contribution in [0.2, 0.25) is 0 Å². The molecular formula is C15H14Br3NO2. The lowest BCUT2D eigenvalue weighted by Crippen LogP contribution is -2.14. The van der Waals surface area contributed by atoms with Crippen LogP contribution in [0.25, 0.3) is 0 Å². The molecule has 3 nitrogen and oxygen atoms in total. The van der Waals surface area contributed by atoms with Crippen molar-refractivity contribution >= 4 is 47.8 Å². The van der Waals surface area contributed by atoms with Crippen LogP contribution in [-0.4, -0.2) is 14.2 Å². The number of rotatable bonds is 4. The molecule has 2 N–H and O–H groups in total. The van der Waals surface area contributed by atoms with Crippen LogP contribution in [-0.2, 0) is 0 Å². The van der Waals surface area contributed by atoms with Crippen LogP contribution in [0.1, 0.15) is 17.2 Å². The predicted molar refractivity (Wildman–Crippen MR) is 95.1 cm³/mol. The first-order valence-electron chi connectivity index (χ1n) is 6.10. The van der Waals surface area contributed by atoms with E-state index >= 15 is 0 Å². The molecule has 0 aliphatic carbocycles. The zero-order valence-electron chi connectivity index (χ0n) is 11.5. The molecule has 1 atom stereocenters. The molecule has 6 heteroatoms. The molecule has 0 radical (unpaired) electrons. The quantitative estimate of drug-likeness (QED) is 0.668. The number of nitrogens with two attached hydrogens (primary N) is 1. The molecule has 0 aliphatic heterocycles. The minimum absolute atomic E-state index is 0.315. The summed E-state index contributed by atoms with van der Waals surface area (Å²) >= 11 is 10.5. The molecule has 2 aromatic rings. The van der Waals surface area contributed by atoms with Crippen molar-refractivity contribution in [2.75, 3.05) is 14.2 Å². The van der Waals surface area contributed by atoms with E-state index in [1.165, 1.54) is 0 Å². The van der Waals surface area contributed by atoms with Crippen molar-refractivity contribution in [3.63, 3.8) is 0 Å². The minimum Gasteiger partial charge on any atom is -0.495 e. The molecule has 0 heterocycles. The van der Waals surface area contributed by atoms with Gasteiger partial charge in [0.25, 0.3) is 0 Å². The van der Waals surface area contributed by atoms with Crippen LogP contribution in [0.4, 0.5) is 0 Å². The van der Waals surface area contributed by atoms with Gasteiger partial charge in [0.05, 0.1) is 20.3 Å². The molecule has 2 rings (SSSR count). The molecule has 0 saturated carbocycles. The second kappa shape index (κ2) is 7.13. The third-order valence-corrected chi connectivity index (χ3v) is 5.08. The molecule has 0 amide bonds. The Bertz CT molecular complexity index is 662. The summed E-state index contributed by atoms with van der Waals surface area (Å²) in [5.41, 5.74) is 8.28. The van der Waals surface area contributed by atoms with E-state index in [1.54, 1.807) is 14.2 Å². The van der Waals surface area contributed by atoms with Crippen molar-refractivity contribution in [2.45, 2.75) is 6.04 Å². The van der Waals surface area contributed by atoms with Gasteiger partial charge in [-0.3, -0.25) is 0 Å². The second-order valence-electron chi connectivity index (χ2n) is 4.35. The van der Waals surface area contributed by atoms with Crippen molar-refractivity contribution in [1.82, 2.24) is 0 Å². The number of benzene rings is 2. The lowest BCUT2D eigenvalue weighted by atomic mass is 9.98. The Balaban J connectivity index is 2.52. The topological polar surface area (TPSA) is 44.5 Å². The summed E-state index contributed by atoms with van der Waals surface area (Å²) in [6.07, 6.45) is 0.